The summed E-state index contributed by atoms with van der Waals surface area (Å²) in [7, 11) is 3.64. The summed E-state index contributed by atoms with van der Waals surface area (Å²) in [5, 5.41) is 8.98. The molecule has 6 nitrogen and oxygen atoms in total. The van der Waals surface area contributed by atoms with Gasteiger partial charge < -0.3 is 4.90 Å². The number of aromatic nitrogens is 4. The molecule has 0 bridgehead atoms. The van der Waals surface area contributed by atoms with Gasteiger partial charge in [-0.1, -0.05) is 24.4 Å². The van der Waals surface area contributed by atoms with Crippen molar-refractivity contribution in [3.63, 3.8) is 0 Å². The van der Waals surface area contributed by atoms with Crippen LogP contribution in [0.5, 0.6) is 0 Å². The second kappa shape index (κ2) is 6.12. The van der Waals surface area contributed by atoms with Crippen molar-refractivity contribution in [1.82, 2.24) is 24.5 Å². The zero-order chi connectivity index (χ0) is 15.7. The summed E-state index contributed by atoms with van der Waals surface area (Å²) in [6, 6.07) is 1.99. The molecule has 0 spiro atoms. The van der Waals surface area contributed by atoms with E-state index in [1.54, 1.807) is 16.4 Å². The maximum Gasteiger partial charge on any atom is 0.274 e. The molecule has 1 fully saturated rings. The van der Waals surface area contributed by atoms with Gasteiger partial charge in [-0.25, -0.2) is 0 Å². The SMILES string of the molecule is Cn1ccc([C@H]2CCCCCN2C(=O)c2c(Cl)cnn2C)n1. The van der Waals surface area contributed by atoms with Crippen LogP contribution >= 0.6 is 11.6 Å². The average molecular weight is 322 g/mol. The van der Waals surface area contributed by atoms with Gasteiger partial charge in [0.15, 0.2) is 0 Å². The molecule has 3 heterocycles. The molecule has 1 atom stereocenters. The molecule has 2 aromatic heterocycles. The number of carbonyl (C=O) groups is 1. The van der Waals surface area contributed by atoms with Gasteiger partial charge >= 0.3 is 0 Å². The highest BCUT2D eigenvalue weighted by Crippen LogP contribution is 2.31. The van der Waals surface area contributed by atoms with Crippen LogP contribution in [0.2, 0.25) is 5.02 Å². The Hall–Kier alpha value is -1.82. The maximum atomic E-state index is 13.0. The molecule has 2 aromatic rings. The fourth-order valence-corrected chi connectivity index (χ4v) is 3.30. The molecule has 0 aromatic carbocycles. The third-order valence-electron chi connectivity index (χ3n) is 4.19. The summed E-state index contributed by atoms with van der Waals surface area (Å²) in [5.74, 6) is -0.0671. The third kappa shape index (κ3) is 2.75. The second-order valence-corrected chi connectivity index (χ2v) is 6.15. The number of nitrogens with zero attached hydrogens (tertiary/aromatic N) is 5. The summed E-state index contributed by atoms with van der Waals surface area (Å²) in [6.07, 6.45) is 7.60. The first-order valence-electron chi connectivity index (χ1n) is 7.56. The molecule has 7 heteroatoms. The van der Waals surface area contributed by atoms with E-state index >= 15 is 0 Å². The van der Waals surface area contributed by atoms with Crippen molar-refractivity contribution in [1.29, 1.82) is 0 Å². The highest BCUT2D eigenvalue weighted by atomic mass is 35.5. The van der Waals surface area contributed by atoms with Gasteiger partial charge in [0.2, 0.25) is 0 Å². The number of hydrogen-bond donors (Lipinski definition) is 0. The van der Waals surface area contributed by atoms with E-state index in [0.29, 0.717) is 10.7 Å². The van der Waals surface area contributed by atoms with E-state index in [4.69, 9.17) is 11.6 Å². The maximum absolute atomic E-state index is 13.0. The lowest BCUT2D eigenvalue weighted by Crippen LogP contribution is -2.36. The number of likely N-dealkylation sites (tertiary alicyclic amines) is 1. The van der Waals surface area contributed by atoms with Crippen molar-refractivity contribution < 1.29 is 4.79 Å². The normalized spacial score (nSPS) is 19.2. The van der Waals surface area contributed by atoms with E-state index in [-0.39, 0.29) is 11.9 Å². The number of halogens is 1. The average Bonchev–Trinajstić information content (AvgIpc) is 2.96. The summed E-state index contributed by atoms with van der Waals surface area (Å²) in [6.45, 7) is 0.724. The van der Waals surface area contributed by atoms with Crippen LogP contribution in [0.15, 0.2) is 18.5 Å². The second-order valence-electron chi connectivity index (χ2n) is 5.74. The number of rotatable bonds is 2. The Kier molecular flexibility index (Phi) is 4.20. The fourth-order valence-electron chi connectivity index (χ4n) is 3.06. The Bertz CT molecular complexity index is 658. The van der Waals surface area contributed by atoms with Gasteiger partial charge in [0.05, 0.1) is 23.0 Å². The van der Waals surface area contributed by atoms with Crippen LogP contribution in [0.3, 0.4) is 0 Å². The Morgan fingerprint density at radius 3 is 2.77 bits per heavy atom. The molecule has 0 N–H and O–H groups in total. The third-order valence-corrected chi connectivity index (χ3v) is 4.46. The lowest BCUT2D eigenvalue weighted by molar-refractivity contribution is 0.0665. The molecular formula is C15H20ClN5O. The van der Waals surface area contributed by atoms with Crippen LogP contribution in [0, 0.1) is 0 Å². The predicted octanol–water partition coefficient (Wildman–Crippen LogP) is 2.56. The number of hydrogen-bond acceptors (Lipinski definition) is 3. The molecule has 1 saturated heterocycles. The van der Waals surface area contributed by atoms with Crippen LogP contribution in [0.4, 0.5) is 0 Å². The molecule has 1 aliphatic heterocycles. The summed E-state index contributed by atoms with van der Waals surface area (Å²) in [5.41, 5.74) is 1.39. The van der Waals surface area contributed by atoms with Gasteiger partial charge in [-0.15, -0.1) is 0 Å². The predicted molar refractivity (Wildman–Crippen MR) is 83.7 cm³/mol. The summed E-state index contributed by atoms with van der Waals surface area (Å²) >= 11 is 6.15. The van der Waals surface area contributed by atoms with Gasteiger partial charge in [0.25, 0.3) is 5.91 Å². The van der Waals surface area contributed by atoms with Crippen molar-refractivity contribution in [2.75, 3.05) is 6.54 Å². The lowest BCUT2D eigenvalue weighted by atomic mass is 10.1. The zero-order valence-electron chi connectivity index (χ0n) is 12.9. The van der Waals surface area contributed by atoms with Crippen molar-refractivity contribution in [3.8, 4) is 0 Å². The zero-order valence-corrected chi connectivity index (χ0v) is 13.6. The van der Waals surface area contributed by atoms with Gasteiger partial charge in [0.1, 0.15) is 5.69 Å². The van der Waals surface area contributed by atoms with Crippen molar-refractivity contribution in [2.24, 2.45) is 14.1 Å². The Balaban J connectivity index is 1.95. The van der Waals surface area contributed by atoms with E-state index in [9.17, 15) is 4.79 Å². The molecule has 0 saturated carbocycles. The van der Waals surface area contributed by atoms with Gasteiger partial charge in [-0.3, -0.25) is 14.2 Å². The topological polar surface area (TPSA) is 56.0 Å². The monoisotopic (exact) mass is 321 g/mol. The molecule has 3 rings (SSSR count). The highest BCUT2D eigenvalue weighted by Gasteiger charge is 2.31. The molecule has 1 aliphatic rings. The Morgan fingerprint density at radius 2 is 2.14 bits per heavy atom. The minimum Gasteiger partial charge on any atom is -0.329 e. The van der Waals surface area contributed by atoms with Crippen LogP contribution in [0.25, 0.3) is 0 Å². The Labute approximate surface area is 134 Å². The Morgan fingerprint density at radius 1 is 1.32 bits per heavy atom. The van der Waals surface area contributed by atoms with E-state index in [1.807, 2.05) is 24.2 Å². The van der Waals surface area contributed by atoms with Crippen LogP contribution in [-0.4, -0.2) is 36.9 Å². The van der Waals surface area contributed by atoms with Crippen molar-refractivity contribution >= 4 is 17.5 Å². The van der Waals surface area contributed by atoms with Crippen LogP contribution in [-0.2, 0) is 14.1 Å². The quantitative estimate of drug-likeness (QED) is 0.854. The molecular weight excluding hydrogens is 302 g/mol. The van der Waals surface area contributed by atoms with E-state index in [1.165, 1.54) is 6.20 Å². The van der Waals surface area contributed by atoms with Crippen molar-refractivity contribution in [2.45, 2.75) is 31.7 Å². The van der Waals surface area contributed by atoms with Gasteiger partial charge in [-0.2, -0.15) is 10.2 Å². The first-order chi connectivity index (χ1) is 10.6. The van der Waals surface area contributed by atoms with E-state index in [0.717, 1.165) is 37.9 Å². The van der Waals surface area contributed by atoms with Crippen LogP contribution in [0.1, 0.15) is 47.9 Å². The molecule has 0 aliphatic carbocycles. The largest absolute Gasteiger partial charge is 0.329 e. The minimum absolute atomic E-state index is 0.00201. The number of carbonyl (C=O) groups excluding carboxylic acids is 1. The van der Waals surface area contributed by atoms with Gasteiger partial charge in [-0.05, 0) is 18.9 Å². The van der Waals surface area contributed by atoms with Crippen molar-refractivity contribution in [3.05, 3.63) is 34.9 Å². The molecule has 0 radical (unpaired) electrons. The van der Waals surface area contributed by atoms with E-state index < -0.39 is 0 Å². The standard InChI is InChI=1S/C15H20ClN5O/c1-19-9-7-12(18-19)13-6-4-3-5-8-21(13)15(22)14-11(16)10-17-20(14)2/h7,9-10,13H,3-6,8H2,1-2H3/t13-/m1/s1. The highest BCUT2D eigenvalue weighted by molar-refractivity contribution is 6.33. The first kappa shape index (κ1) is 15.1. The van der Waals surface area contributed by atoms with Gasteiger partial charge in [0, 0.05) is 26.8 Å². The molecule has 22 heavy (non-hydrogen) atoms. The summed E-state index contributed by atoms with van der Waals surface area (Å²) < 4.78 is 3.32. The minimum atomic E-state index is -0.0671. The smallest absolute Gasteiger partial charge is 0.274 e. The molecule has 1 amide bonds. The lowest BCUT2D eigenvalue weighted by Gasteiger charge is -2.29. The first-order valence-corrected chi connectivity index (χ1v) is 7.93. The number of amides is 1. The summed E-state index contributed by atoms with van der Waals surface area (Å²) in [4.78, 5) is 14.9. The molecule has 118 valence electrons. The van der Waals surface area contributed by atoms with Crippen LogP contribution < -0.4 is 0 Å². The van der Waals surface area contributed by atoms with E-state index in [2.05, 4.69) is 10.2 Å². The fraction of sp³-hybridized carbons (Fsp3) is 0.533. The molecule has 0 unspecified atom stereocenters. The number of aryl methyl sites for hydroxylation is 2.